The van der Waals surface area contributed by atoms with Gasteiger partial charge in [0.2, 0.25) is 5.43 Å². The molecule has 1 atom stereocenters. The van der Waals surface area contributed by atoms with Crippen LogP contribution in [0.3, 0.4) is 0 Å². The van der Waals surface area contributed by atoms with Gasteiger partial charge in [0.1, 0.15) is 18.2 Å². The Morgan fingerprint density at radius 1 is 1.15 bits per heavy atom. The number of hydrogen-bond donors (Lipinski definition) is 1. The Morgan fingerprint density at radius 2 is 1.92 bits per heavy atom. The summed E-state index contributed by atoms with van der Waals surface area (Å²) in [6.45, 7) is 1.94. The summed E-state index contributed by atoms with van der Waals surface area (Å²) in [5.74, 6) is -0.661. The van der Waals surface area contributed by atoms with Crippen molar-refractivity contribution in [2.45, 2.75) is 13.0 Å². The maximum Gasteiger partial charge on any atom is 0.417 e. The highest BCUT2D eigenvalue weighted by atomic mass is 16.6. The fraction of sp³-hybridized carbons (Fsp3) is 0.150. The molecule has 6 heteroatoms. The fourth-order valence-electron chi connectivity index (χ4n) is 3.19. The zero-order valence-corrected chi connectivity index (χ0v) is 14.1. The van der Waals surface area contributed by atoms with Crippen LogP contribution in [0.2, 0.25) is 0 Å². The van der Waals surface area contributed by atoms with E-state index in [0.29, 0.717) is 10.9 Å². The van der Waals surface area contributed by atoms with E-state index in [1.165, 1.54) is 6.20 Å². The minimum atomic E-state index is -0.743. The van der Waals surface area contributed by atoms with Crippen LogP contribution in [0.15, 0.2) is 59.5 Å². The average molecular weight is 348 g/mol. The quantitative estimate of drug-likeness (QED) is 0.771. The molecule has 1 unspecified atom stereocenters. The lowest BCUT2D eigenvalue weighted by atomic mass is 10.1. The van der Waals surface area contributed by atoms with Gasteiger partial charge in [0.15, 0.2) is 0 Å². The van der Waals surface area contributed by atoms with Crippen LogP contribution in [0.4, 0.5) is 4.79 Å². The summed E-state index contributed by atoms with van der Waals surface area (Å²) in [4.78, 5) is 42.0. The van der Waals surface area contributed by atoms with E-state index in [9.17, 15) is 14.4 Å². The van der Waals surface area contributed by atoms with Gasteiger partial charge in [-0.15, -0.1) is 0 Å². The number of fused-ring (bicyclic) bond motifs is 1. The molecule has 1 aliphatic rings. The molecule has 1 fully saturated rings. The average Bonchev–Trinajstić information content (AvgIpc) is 3.04. The van der Waals surface area contributed by atoms with Gasteiger partial charge in [-0.2, -0.15) is 0 Å². The number of cyclic esters (lactones) is 1. The van der Waals surface area contributed by atoms with E-state index >= 15 is 0 Å². The molecule has 4 rings (SSSR count). The third-order valence-electron chi connectivity index (χ3n) is 4.54. The number of imide groups is 1. The number of nitrogens with one attached hydrogen (secondary N) is 1. The van der Waals surface area contributed by atoms with Crippen LogP contribution in [0.1, 0.15) is 27.5 Å². The van der Waals surface area contributed by atoms with Gasteiger partial charge in [-0.25, -0.2) is 9.69 Å². The Morgan fingerprint density at radius 3 is 2.69 bits per heavy atom. The highest BCUT2D eigenvalue weighted by molar-refractivity contribution is 6.05. The molecule has 1 saturated heterocycles. The van der Waals surface area contributed by atoms with Crippen molar-refractivity contribution in [3.8, 4) is 0 Å². The first kappa shape index (κ1) is 16.1. The molecule has 0 radical (unpaired) electrons. The van der Waals surface area contributed by atoms with Crippen molar-refractivity contribution >= 4 is 22.9 Å². The Balaban J connectivity index is 1.79. The number of aromatic amines is 1. The Kier molecular flexibility index (Phi) is 3.80. The molecule has 0 bridgehead atoms. The normalized spacial score (nSPS) is 16.7. The van der Waals surface area contributed by atoms with E-state index in [2.05, 4.69) is 4.98 Å². The lowest BCUT2D eigenvalue weighted by Gasteiger charge is -2.19. The van der Waals surface area contributed by atoms with Crippen molar-refractivity contribution in [1.82, 2.24) is 9.88 Å². The van der Waals surface area contributed by atoms with Crippen molar-refractivity contribution in [3.63, 3.8) is 0 Å². The molecule has 6 nitrogen and oxygen atoms in total. The van der Waals surface area contributed by atoms with Crippen LogP contribution < -0.4 is 5.43 Å². The van der Waals surface area contributed by atoms with Crippen LogP contribution in [-0.2, 0) is 4.74 Å². The molecule has 26 heavy (non-hydrogen) atoms. The van der Waals surface area contributed by atoms with Gasteiger partial charge in [-0.05, 0) is 24.6 Å². The molecule has 0 aliphatic carbocycles. The van der Waals surface area contributed by atoms with Crippen LogP contribution in [0.5, 0.6) is 0 Å². The summed E-state index contributed by atoms with van der Waals surface area (Å²) in [5.41, 5.74) is 1.85. The topological polar surface area (TPSA) is 79.5 Å². The molecule has 1 N–H and O–H groups in total. The summed E-state index contributed by atoms with van der Waals surface area (Å²) in [7, 11) is 0. The first-order valence-corrected chi connectivity index (χ1v) is 8.23. The molecule has 2 heterocycles. The predicted octanol–water partition coefficient (Wildman–Crippen LogP) is 3.17. The number of carbonyl (C=O) groups is 2. The van der Waals surface area contributed by atoms with Crippen LogP contribution in [0, 0.1) is 6.92 Å². The number of benzene rings is 2. The number of hydrogen-bond acceptors (Lipinski definition) is 4. The maximum absolute atomic E-state index is 13.0. The lowest BCUT2D eigenvalue weighted by Crippen LogP contribution is -2.37. The van der Waals surface area contributed by atoms with Gasteiger partial charge in [-0.1, -0.05) is 42.0 Å². The number of nitrogens with zero attached hydrogens (tertiary/aromatic N) is 1. The molecule has 0 spiro atoms. The summed E-state index contributed by atoms with van der Waals surface area (Å²) in [6, 6.07) is 14.0. The lowest BCUT2D eigenvalue weighted by molar-refractivity contribution is 0.0772. The molecule has 1 aromatic heterocycles. The van der Waals surface area contributed by atoms with E-state index in [1.807, 2.05) is 43.3 Å². The molecule has 0 saturated carbocycles. The van der Waals surface area contributed by atoms with Gasteiger partial charge < -0.3 is 9.72 Å². The number of ether oxygens (including phenoxy) is 1. The standard InChI is InChI=1S/C20H16N2O4/c1-12-7-8-16-14(9-12)18(23)15(10-21-16)19(24)22-17(11-26-20(22)25)13-5-3-2-4-6-13/h2-10,17H,11H2,1H3,(H,21,23). The number of aromatic nitrogens is 1. The van der Waals surface area contributed by atoms with Crippen LogP contribution in [-0.4, -0.2) is 28.5 Å². The SMILES string of the molecule is Cc1ccc2[nH]cc(C(=O)N3C(=O)OCC3c3ccccc3)c(=O)c2c1. The third-order valence-corrected chi connectivity index (χ3v) is 4.54. The smallest absolute Gasteiger partial charge is 0.417 e. The van der Waals surface area contributed by atoms with Crippen molar-refractivity contribution in [1.29, 1.82) is 0 Å². The monoisotopic (exact) mass is 348 g/mol. The summed E-state index contributed by atoms with van der Waals surface area (Å²) >= 11 is 0. The first-order valence-electron chi connectivity index (χ1n) is 8.23. The Hall–Kier alpha value is -3.41. The van der Waals surface area contributed by atoms with Crippen molar-refractivity contribution in [3.05, 3.63) is 81.6 Å². The zero-order chi connectivity index (χ0) is 18.3. The minimum absolute atomic E-state index is 0.0686. The van der Waals surface area contributed by atoms with Crippen LogP contribution in [0.25, 0.3) is 10.9 Å². The number of amides is 2. The second-order valence-corrected chi connectivity index (χ2v) is 6.26. The molecule has 130 valence electrons. The van der Waals surface area contributed by atoms with E-state index in [0.717, 1.165) is 16.0 Å². The molecule has 2 amide bonds. The second kappa shape index (κ2) is 6.15. The Labute approximate surface area is 149 Å². The number of carbonyl (C=O) groups excluding carboxylic acids is 2. The summed E-state index contributed by atoms with van der Waals surface area (Å²) < 4.78 is 5.08. The van der Waals surface area contributed by atoms with Gasteiger partial charge in [-0.3, -0.25) is 9.59 Å². The fourth-order valence-corrected chi connectivity index (χ4v) is 3.19. The molecular formula is C20H16N2O4. The number of H-pyrrole nitrogens is 1. The first-order chi connectivity index (χ1) is 12.6. The molecular weight excluding hydrogens is 332 g/mol. The molecule has 1 aliphatic heterocycles. The number of pyridine rings is 1. The predicted molar refractivity (Wildman–Crippen MR) is 96.0 cm³/mol. The third kappa shape index (κ3) is 2.56. The highest BCUT2D eigenvalue weighted by Gasteiger charge is 2.40. The maximum atomic E-state index is 13.0. The van der Waals surface area contributed by atoms with Crippen molar-refractivity contribution < 1.29 is 14.3 Å². The number of aryl methyl sites for hydroxylation is 1. The zero-order valence-electron chi connectivity index (χ0n) is 14.1. The number of rotatable bonds is 2. The van der Waals surface area contributed by atoms with Crippen LogP contribution >= 0.6 is 0 Å². The van der Waals surface area contributed by atoms with Gasteiger partial charge >= 0.3 is 6.09 Å². The molecule has 3 aromatic rings. The van der Waals surface area contributed by atoms with E-state index in [-0.39, 0.29) is 12.2 Å². The van der Waals surface area contributed by atoms with Gasteiger partial charge in [0.05, 0.1) is 0 Å². The van der Waals surface area contributed by atoms with E-state index in [1.54, 1.807) is 12.1 Å². The largest absolute Gasteiger partial charge is 0.446 e. The highest BCUT2D eigenvalue weighted by Crippen LogP contribution is 2.29. The van der Waals surface area contributed by atoms with Gasteiger partial charge in [0, 0.05) is 17.1 Å². The Bertz CT molecular complexity index is 1070. The molecule has 2 aromatic carbocycles. The van der Waals surface area contributed by atoms with Crippen molar-refractivity contribution in [2.75, 3.05) is 6.61 Å². The van der Waals surface area contributed by atoms with Gasteiger partial charge in [0.25, 0.3) is 5.91 Å². The van der Waals surface area contributed by atoms with Crippen molar-refractivity contribution in [2.24, 2.45) is 0 Å². The summed E-state index contributed by atoms with van der Waals surface area (Å²) in [6.07, 6.45) is 0.614. The van der Waals surface area contributed by atoms with E-state index < -0.39 is 23.5 Å². The summed E-state index contributed by atoms with van der Waals surface area (Å²) in [5, 5.41) is 0.416. The van der Waals surface area contributed by atoms with E-state index in [4.69, 9.17) is 4.74 Å². The second-order valence-electron chi connectivity index (χ2n) is 6.26. The minimum Gasteiger partial charge on any atom is -0.446 e.